The zero-order valence-corrected chi connectivity index (χ0v) is 10.6. The molecule has 0 bridgehead atoms. The molecule has 2 heterocycles. The van der Waals surface area contributed by atoms with E-state index in [-0.39, 0.29) is 0 Å². The van der Waals surface area contributed by atoms with Crippen LogP contribution >= 0.6 is 0 Å². The predicted molar refractivity (Wildman–Crippen MR) is 71.3 cm³/mol. The summed E-state index contributed by atoms with van der Waals surface area (Å²) in [6, 6.07) is 6.63. The van der Waals surface area contributed by atoms with E-state index in [2.05, 4.69) is 48.4 Å². The fraction of sp³-hybridized carbons (Fsp3) is 0.385. The second kappa shape index (κ2) is 7.63. The number of aromatic nitrogens is 2. The molecule has 0 spiro atoms. The van der Waals surface area contributed by atoms with Crippen molar-refractivity contribution in [3.63, 3.8) is 0 Å². The van der Waals surface area contributed by atoms with Gasteiger partial charge in [-0.15, -0.1) is 0 Å². The minimum Gasteiger partial charge on any atom is -0.344 e. The smallest absolute Gasteiger partial charge is 0.0880 e. The van der Waals surface area contributed by atoms with Crippen molar-refractivity contribution < 1.29 is 0 Å². The molecule has 1 N–H and O–H groups in total. The van der Waals surface area contributed by atoms with Crippen molar-refractivity contribution in [2.45, 2.75) is 33.7 Å². The highest BCUT2D eigenvalue weighted by Crippen LogP contribution is 2.16. The summed E-state index contributed by atoms with van der Waals surface area (Å²) in [5, 5.41) is 5.50. The van der Waals surface area contributed by atoms with Crippen LogP contribution in [0.2, 0.25) is 0 Å². The van der Waals surface area contributed by atoms with E-state index >= 15 is 0 Å². The summed E-state index contributed by atoms with van der Waals surface area (Å²) in [5.41, 5.74) is 2.29. The second-order valence-electron chi connectivity index (χ2n) is 3.22. The molecule has 0 aliphatic carbocycles. The lowest BCUT2D eigenvalue weighted by molar-refractivity contribution is 0.623. The molecule has 0 fully saturated rings. The number of fused-ring (bicyclic) bond motifs is 1. The van der Waals surface area contributed by atoms with Gasteiger partial charge in [-0.2, -0.15) is 0 Å². The maximum atomic E-state index is 5.50. The molecule has 16 heavy (non-hydrogen) atoms. The van der Waals surface area contributed by atoms with Crippen molar-refractivity contribution in [2.75, 3.05) is 0 Å². The summed E-state index contributed by atoms with van der Waals surface area (Å²) in [6.45, 7) is 10.8. The van der Waals surface area contributed by atoms with E-state index in [0.29, 0.717) is 6.04 Å². The van der Waals surface area contributed by atoms with Crippen LogP contribution in [0.1, 0.15) is 33.7 Å². The van der Waals surface area contributed by atoms with Crippen molar-refractivity contribution in [3.8, 4) is 0 Å². The summed E-state index contributed by atoms with van der Waals surface area (Å²) in [7, 11) is 0. The molecule has 0 atom stereocenters. The van der Waals surface area contributed by atoms with Crippen LogP contribution in [0.25, 0.3) is 11.0 Å². The topological polar surface area (TPSA) is 41.7 Å². The van der Waals surface area contributed by atoms with Gasteiger partial charge >= 0.3 is 0 Å². The van der Waals surface area contributed by atoms with E-state index in [4.69, 9.17) is 5.41 Å². The van der Waals surface area contributed by atoms with Crippen molar-refractivity contribution in [2.24, 2.45) is 0 Å². The van der Waals surface area contributed by atoms with Gasteiger partial charge in [-0.05, 0) is 38.8 Å². The van der Waals surface area contributed by atoms with Gasteiger partial charge in [-0.3, -0.25) is 4.98 Å². The molecule has 0 amide bonds. The summed E-state index contributed by atoms with van der Waals surface area (Å²) in [5.74, 6) is 0. The van der Waals surface area contributed by atoms with Gasteiger partial charge in [0.1, 0.15) is 0 Å². The Morgan fingerprint density at radius 3 is 2.44 bits per heavy atom. The standard InChI is InChI=1S/C10H12N2.C2H6.CH3N/c1-8(2)12-7-5-9-10(12)4-3-6-11-9;2*1-2/h3-8H,1-2H3;1-2H3;2H,1H2. The molecule has 0 radical (unpaired) electrons. The monoisotopic (exact) mass is 219 g/mol. The minimum atomic E-state index is 0.506. The second-order valence-corrected chi connectivity index (χ2v) is 3.22. The minimum absolute atomic E-state index is 0.506. The number of hydrogen-bond donors (Lipinski definition) is 1. The average molecular weight is 219 g/mol. The van der Waals surface area contributed by atoms with E-state index in [9.17, 15) is 0 Å². The van der Waals surface area contributed by atoms with Crippen LogP contribution in [-0.2, 0) is 0 Å². The Bertz CT molecular complexity index is 404. The molecule has 0 aliphatic heterocycles. The first-order chi connectivity index (χ1) is 7.79. The molecule has 0 saturated heterocycles. The number of nitrogens with one attached hydrogen (secondary N) is 1. The Kier molecular flexibility index (Phi) is 6.84. The molecule has 2 aromatic heterocycles. The lowest BCUT2D eigenvalue weighted by atomic mass is 10.3. The normalized spacial score (nSPS) is 9.06. The zero-order chi connectivity index (χ0) is 12.6. The molecule has 0 unspecified atom stereocenters. The fourth-order valence-corrected chi connectivity index (χ4v) is 1.44. The summed E-state index contributed by atoms with van der Waals surface area (Å²) >= 11 is 0. The third kappa shape index (κ3) is 3.19. The largest absolute Gasteiger partial charge is 0.344 e. The Morgan fingerprint density at radius 2 is 1.88 bits per heavy atom. The molecule has 0 aromatic carbocycles. The molecule has 3 heteroatoms. The van der Waals surface area contributed by atoms with Gasteiger partial charge in [0.15, 0.2) is 0 Å². The van der Waals surface area contributed by atoms with Crippen LogP contribution in [0.5, 0.6) is 0 Å². The first-order valence-electron chi connectivity index (χ1n) is 5.56. The number of nitrogens with zero attached hydrogens (tertiary/aromatic N) is 2. The van der Waals surface area contributed by atoms with Gasteiger partial charge in [-0.25, -0.2) is 0 Å². The van der Waals surface area contributed by atoms with Crippen LogP contribution in [0.4, 0.5) is 0 Å². The molecule has 88 valence electrons. The van der Waals surface area contributed by atoms with Gasteiger partial charge < -0.3 is 9.98 Å². The number of hydrogen-bond acceptors (Lipinski definition) is 2. The maximum Gasteiger partial charge on any atom is 0.0880 e. The number of pyridine rings is 1. The van der Waals surface area contributed by atoms with Gasteiger partial charge in [0, 0.05) is 18.4 Å². The average Bonchev–Trinajstić information content (AvgIpc) is 2.78. The SMILES string of the molecule is C=N.CC.CC(C)n1ccc2ncccc21. The van der Waals surface area contributed by atoms with Crippen molar-refractivity contribution in [3.05, 3.63) is 30.6 Å². The Hall–Kier alpha value is -1.64. The molecule has 3 nitrogen and oxygen atoms in total. The Labute approximate surface area is 97.6 Å². The first-order valence-corrected chi connectivity index (χ1v) is 5.56. The highest BCUT2D eigenvalue weighted by Gasteiger charge is 2.02. The summed E-state index contributed by atoms with van der Waals surface area (Å²) in [6.07, 6.45) is 3.91. The molecular formula is C13H21N3. The Morgan fingerprint density at radius 1 is 1.25 bits per heavy atom. The van der Waals surface area contributed by atoms with Crippen LogP contribution < -0.4 is 0 Å². The summed E-state index contributed by atoms with van der Waals surface area (Å²) < 4.78 is 2.22. The van der Waals surface area contributed by atoms with Crippen LogP contribution in [0.3, 0.4) is 0 Å². The molecule has 0 saturated carbocycles. The van der Waals surface area contributed by atoms with E-state index in [1.807, 2.05) is 26.1 Å². The van der Waals surface area contributed by atoms with Crippen LogP contribution in [0, 0.1) is 5.41 Å². The Balaban J connectivity index is 0.000000509. The molecule has 0 aliphatic rings. The lowest BCUT2D eigenvalue weighted by Crippen LogP contribution is -1.97. The van der Waals surface area contributed by atoms with E-state index in [0.717, 1.165) is 5.52 Å². The summed E-state index contributed by atoms with van der Waals surface area (Å²) in [4.78, 5) is 4.26. The lowest BCUT2D eigenvalue weighted by Gasteiger charge is -2.07. The van der Waals surface area contributed by atoms with E-state index in [1.165, 1.54) is 5.52 Å². The quantitative estimate of drug-likeness (QED) is 0.726. The van der Waals surface area contributed by atoms with Crippen LogP contribution in [0.15, 0.2) is 30.6 Å². The zero-order valence-electron chi connectivity index (χ0n) is 10.6. The van der Waals surface area contributed by atoms with E-state index < -0.39 is 0 Å². The van der Waals surface area contributed by atoms with E-state index in [1.54, 1.807) is 0 Å². The van der Waals surface area contributed by atoms with Gasteiger partial charge in [0.2, 0.25) is 0 Å². The molecule has 2 rings (SSSR count). The van der Waals surface area contributed by atoms with Crippen LogP contribution in [-0.4, -0.2) is 16.3 Å². The highest BCUT2D eigenvalue weighted by atomic mass is 15.0. The van der Waals surface area contributed by atoms with Gasteiger partial charge in [0.25, 0.3) is 0 Å². The highest BCUT2D eigenvalue weighted by molar-refractivity contribution is 5.75. The molecule has 2 aromatic rings. The van der Waals surface area contributed by atoms with Gasteiger partial charge in [-0.1, -0.05) is 13.8 Å². The predicted octanol–water partition coefficient (Wildman–Crippen LogP) is 3.91. The third-order valence-electron chi connectivity index (χ3n) is 2.04. The van der Waals surface area contributed by atoms with Crippen molar-refractivity contribution >= 4 is 17.8 Å². The molecular weight excluding hydrogens is 198 g/mol. The van der Waals surface area contributed by atoms with Crippen molar-refractivity contribution in [1.29, 1.82) is 5.41 Å². The third-order valence-corrected chi connectivity index (χ3v) is 2.04. The first kappa shape index (κ1) is 14.4. The fourth-order valence-electron chi connectivity index (χ4n) is 1.44. The van der Waals surface area contributed by atoms with Gasteiger partial charge in [0.05, 0.1) is 11.0 Å². The number of rotatable bonds is 1. The van der Waals surface area contributed by atoms with Crippen molar-refractivity contribution in [1.82, 2.24) is 9.55 Å². The maximum absolute atomic E-state index is 5.50.